The van der Waals surface area contributed by atoms with Crippen LogP contribution in [-0.2, 0) is 9.53 Å². The van der Waals surface area contributed by atoms with E-state index in [0.717, 1.165) is 0 Å². The molecule has 0 bridgehead atoms. The molecule has 0 heterocycles. The first kappa shape index (κ1) is 25.6. The van der Waals surface area contributed by atoms with Crippen molar-refractivity contribution in [2.75, 3.05) is 47.4 Å². The van der Waals surface area contributed by atoms with E-state index in [4.69, 9.17) is 16.3 Å². The Morgan fingerprint density at radius 3 is 2.50 bits per heavy atom. The van der Waals surface area contributed by atoms with E-state index in [1.54, 1.807) is 32.2 Å². The molecule has 0 aliphatic rings. The highest BCUT2D eigenvalue weighted by molar-refractivity contribution is 6.31. The Morgan fingerprint density at radius 2 is 1.96 bits per heavy atom. The highest BCUT2D eigenvalue weighted by Crippen LogP contribution is 2.28. The maximum absolute atomic E-state index is 14.0. The van der Waals surface area contributed by atoms with Gasteiger partial charge in [0, 0.05) is 37.3 Å². The zero-order valence-corrected chi connectivity index (χ0v) is 16.4. The fraction of sp³-hybridized carbons (Fsp3) is 0.533. The Bertz CT molecular complexity index is 473. The van der Waals surface area contributed by atoms with E-state index >= 15 is 0 Å². The molecule has 0 fully saturated rings. The molecule has 1 unspecified atom stereocenters. The zero-order valence-electron chi connectivity index (χ0n) is 14.0. The van der Waals surface area contributed by atoms with Gasteiger partial charge in [0.15, 0.2) is 0 Å². The predicted octanol–water partition coefficient (Wildman–Crippen LogP) is 2.28. The average molecular weight is 405 g/mol. The third-order valence-corrected chi connectivity index (χ3v) is 3.45. The van der Waals surface area contributed by atoms with Crippen LogP contribution in [-0.4, -0.2) is 58.3 Å². The lowest BCUT2D eigenvalue weighted by Crippen LogP contribution is -2.40. The first-order chi connectivity index (χ1) is 10.5. The Morgan fingerprint density at radius 1 is 1.29 bits per heavy atom. The van der Waals surface area contributed by atoms with Gasteiger partial charge in [0.25, 0.3) is 0 Å². The summed E-state index contributed by atoms with van der Waals surface area (Å²) in [5.74, 6) is -0.773. The standard InChI is InChI=1S/C15H23ClFN3O2.2ClH/c1-20(2)14(13-11(16)5-4-6-12(13)17)15(21)19-8-7-18-9-10-22-3;;/h4-6,14,18H,7-10H2,1-3H3,(H,19,21);2*1H. The fourth-order valence-electron chi connectivity index (χ4n) is 2.07. The lowest BCUT2D eigenvalue weighted by atomic mass is 10.0. The van der Waals surface area contributed by atoms with E-state index in [9.17, 15) is 9.18 Å². The van der Waals surface area contributed by atoms with Crippen LogP contribution < -0.4 is 10.6 Å². The van der Waals surface area contributed by atoms with Crippen LogP contribution in [0.3, 0.4) is 0 Å². The summed E-state index contributed by atoms with van der Waals surface area (Å²) in [6.07, 6.45) is 0. The summed E-state index contributed by atoms with van der Waals surface area (Å²) in [4.78, 5) is 14.0. The highest BCUT2D eigenvalue weighted by atomic mass is 35.5. The molecule has 1 aromatic rings. The van der Waals surface area contributed by atoms with Crippen molar-refractivity contribution in [1.82, 2.24) is 15.5 Å². The second-order valence-corrected chi connectivity index (χ2v) is 5.44. The van der Waals surface area contributed by atoms with Gasteiger partial charge in [-0.15, -0.1) is 24.8 Å². The summed E-state index contributed by atoms with van der Waals surface area (Å²) in [6.45, 7) is 2.38. The molecule has 5 nitrogen and oxygen atoms in total. The van der Waals surface area contributed by atoms with Gasteiger partial charge in [-0.2, -0.15) is 0 Å². The average Bonchev–Trinajstić information content (AvgIpc) is 2.46. The Hall–Kier alpha value is -0.630. The van der Waals surface area contributed by atoms with Crippen LogP contribution >= 0.6 is 36.4 Å². The van der Waals surface area contributed by atoms with Gasteiger partial charge in [-0.05, 0) is 26.2 Å². The van der Waals surface area contributed by atoms with Crippen LogP contribution in [0.5, 0.6) is 0 Å². The largest absolute Gasteiger partial charge is 0.383 e. The smallest absolute Gasteiger partial charge is 0.242 e. The van der Waals surface area contributed by atoms with Crippen molar-refractivity contribution in [3.05, 3.63) is 34.6 Å². The number of methoxy groups -OCH3 is 1. The number of rotatable bonds is 9. The minimum Gasteiger partial charge on any atom is -0.383 e. The second kappa shape index (κ2) is 13.6. The summed E-state index contributed by atoms with van der Waals surface area (Å²) in [7, 11) is 5.05. The number of carbonyl (C=O) groups excluding carboxylic acids is 1. The Balaban J connectivity index is 0. The number of carbonyl (C=O) groups is 1. The minimum absolute atomic E-state index is 0. The van der Waals surface area contributed by atoms with Crippen LogP contribution in [0.25, 0.3) is 0 Å². The molecule has 0 aliphatic carbocycles. The van der Waals surface area contributed by atoms with E-state index in [1.165, 1.54) is 12.1 Å². The number of halogens is 4. The first-order valence-electron chi connectivity index (χ1n) is 7.06. The van der Waals surface area contributed by atoms with Crippen molar-refractivity contribution in [1.29, 1.82) is 0 Å². The van der Waals surface area contributed by atoms with Crippen LogP contribution in [0.2, 0.25) is 5.02 Å². The summed E-state index contributed by atoms with van der Waals surface area (Å²) < 4.78 is 18.9. The third kappa shape index (κ3) is 7.96. The quantitative estimate of drug-likeness (QED) is 0.620. The molecule has 0 saturated heterocycles. The molecule has 140 valence electrons. The lowest BCUT2D eigenvalue weighted by molar-refractivity contribution is -0.125. The molecule has 1 rings (SSSR count). The summed E-state index contributed by atoms with van der Waals surface area (Å²) in [6, 6.07) is 3.63. The third-order valence-electron chi connectivity index (χ3n) is 3.12. The molecule has 1 amide bonds. The Labute approximate surface area is 160 Å². The van der Waals surface area contributed by atoms with Gasteiger partial charge in [0.2, 0.25) is 5.91 Å². The number of nitrogens with one attached hydrogen (secondary N) is 2. The molecule has 0 aromatic heterocycles. The topological polar surface area (TPSA) is 53.6 Å². The molecule has 9 heteroatoms. The van der Waals surface area contributed by atoms with Gasteiger partial charge >= 0.3 is 0 Å². The zero-order chi connectivity index (χ0) is 16.5. The van der Waals surface area contributed by atoms with Crippen LogP contribution in [0.15, 0.2) is 18.2 Å². The first-order valence-corrected chi connectivity index (χ1v) is 7.44. The van der Waals surface area contributed by atoms with Gasteiger partial charge in [0.1, 0.15) is 11.9 Å². The van der Waals surface area contributed by atoms with Gasteiger partial charge in [-0.3, -0.25) is 9.69 Å². The molecule has 0 saturated carbocycles. The second-order valence-electron chi connectivity index (χ2n) is 5.04. The van der Waals surface area contributed by atoms with E-state index in [-0.39, 0.29) is 41.3 Å². The molecule has 24 heavy (non-hydrogen) atoms. The van der Waals surface area contributed by atoms with Crippen molar-refractivity contribution in [3.63, 3.8) is 0 Å². The van der Waals surface area contributed by atoms with E-state index in [2.05, 4.69) is 10.6 Å². The summed E-state index contributed by atoms with van der Waals surface area (Å²) >= 11 is 6.06. The normalized spacial score (nSPS) is 11.4. The van der Waals surface area contributed by atoms with Gasteiger partial charge in [-0.25, -0.2) is 4.39 Å². The molecule has 1 atom stereocenters. The molecular formula is C15H25Cl3FN3O2. The molecule has 0 spiro atoms. The van der Waals surface area contributed by atoms with Gasteiger partial charge < -0.3 is 15.4 Å². The molecule has 0 radical (unpaired) electrons. The number of benzene rings is 1. The van der Waals surface area contributed by atoms with Crippen molar-refractivity contribution >= 4 is 42.3 Å². The van der Waals surface area contributed by atoms with Crippen molar-refractivity contribution in [2.24, 2.45) is 0 Å². The van der Waals surface area contributed by atoms with Crippen molar-refractivity contribution in [2.45, 2.75) is 6.04 Å². The SMILES string of the molecule is COCCNCCNC(=O)C(c1c(F)cccc1Cl)N(C)C.Cl.Cl. The Kier molecular flexibility index (Phi) is 14.6. The summed E-state index contributed by atoms with van der Waals surface area (Å²) in [5.41, 5.74) is 0.194. The number of amides is 1. The molecule has 2 N–H and O–H groups in total. The minimum atomic E-state index is -0.771. The monoisotopic (exact) mass is 403 g/mol. The van der Waals surface area contributed by atoms with Gasteiger partial charge in [0.05, 0.1) is 6.61 Å². The van der Waals surface area contributed by atoms with E-state index in [1.807, 2.05) is 0 Å². The maximum Gasteiger partial charge on any atom is 0.242 e. The maximum atomic E-state index is 14.0. The van der Waals surface area contributed by atoms with Crippen LogP contribution in [0, 0.1) is 5.82 Å². The number of likely N-dealkylation sites (N-methyl/N-ethyl adjacent to an activating group) is 1. The molecule has 0 aliphatic heterocycles. The fourth-order valence-corrected chi connectivity index (χ4v) is 2.33. The van der Waals surface area contributed by atoms with Crippen LogP contribution in [0.4, 0.5) is 4.39 Å². The van der Waals surface area contributed by atoms with Gasteiger partial charge in [-0.1, -0.05) is 17.7 Å². The van der Waals surface area contributed by atoms with E-state index < -0.39 is 11.9 Å². The van der Waals surface area contributed by atoms with Crippen molar-refractivity contribution in [3.8, 4) is 0 Å². The summed E-state index contributed by atoms with van der Waals surface area (Å²) in [5, 5.41) is 6.15. The van der Waals surface area contributed by atoms with Crippen LogP contribution in [0.1, 0.15) is 11.6 Å². The molecule has 1 aromatic carbocycles. The number of nitrogens with zero attached hydrogens (tertiary/aromatic N) is 1. The highest BCUT2D eigenvalue weighted by Gasteiger charge is 2.27. The number of hydrogen-bond acceptors (Lipinski definition) is 4. The number of ether oxygens (including phenoxy) is 1. The lowest BCUT2D eigenvalue weighted by Gasteiger charge is -2.25. The van der Waals surface area contributed by atoms with Crippen molar-refractivity contribution < 1.29 is 13.9 Å². The molecular weight excluding hydrogens is 380 g/mol. The van der Waals surface area contributed by atoms with E-state index in [0.29, 0.717) is 26.2 Å². The number of hydrogen-bond donors (Lipinski definition) is 2. The predicted molar refractivity (Wildman–Crippen MR) is 100 cm³/mol.